The summed E-state index contributed by atoms with van der Waals surface area (Å²) >= 11 is 0. The fraction of sp³-hybridized carbons (Fsp3) is 0.500. The quantitative estimate of drug-likeness (QED) is 0.871. The van der Waals surface area contributed by atoms with Gasteiger partial charge >= 0.3 is 0 Å². The zero-order valence-corrected chi connectivity index (χ0v) is 16.5. The minimum absolute atomic E-state index is 0. The van der Waals surface area contributed by atoms with Gasteiger partial charge in [-0.2, -0.15) is 0 Å². The highest BCUT2D eigenvalue weighted by molar-refractivity contribution is 5.95. The van der Waals surface area contributed by atoms with Crippen LogP contribution in [0.3, 0.4) is 0 Å². The van der Waals surface area contributed by atoms with E-state index in [-0.39, 0.29) is 24.4 Å². The fourth-order valence-corrected chi connectivity index (χ4v) is 3.94. The predicted molar refractivity (Wildman–Crippen MR) is 106 cm³/mol. The molecule has 2 fully saturated rings. The molecular formula is C20H27ClN4O2. The second-order valence-corrected chi connectivity index (χ2v) is 7.17. The first-order valence-corrected chi connectivity index (χ1v) is 9.48. The molecule has 2 aromatic rings. The third kappa shape index (κ3) is 4.28. The summed E-state index contributed by atoms with van der Waals surface area (Å²) in [7, 11) is 1.97. The maximum Gasteiger partial charge on any atom is 0.254 e. The van der Waals surface area contributed by atoms with E-state index in [1.54, 1.807) is 6.20 Å². The molecular weight excluding hydrogens is 364 g/mol. The van der Waals surface area contributed by atoms with Crippen LogP contribution in [-0.2, 0) is 7.05 Å². The van der Waals surface area contributed by atoms with Crippen molar-refractivity contribution in [3.63, 3.8) is 0 Å². The summed E-state index contributed by atoms with van der Waals surface area (Å²) in [6.07, 6.45) is 8.67. The molecule has 146 valence electrons. The molecule has 27 heavy (non-hydrogen) atoms. The zero-order valence-electron chi connectivity index (χ0n) is 15.6. The maximum absolute atomic E-state index is 13.2. The molecule has 1 aromatic carbocycles. The lowest BCUT2D eigenvalue weighted by atomic mass is 10.1. The van der Waals surface area contributed by atoms with Gasteiger partial charge in [-0.15, -0.1) is 12.4 Å². The number of hydrogen-bond acceptors (Lipinski definition) is 4. The summed E-state index contributed by atoms with van der Waals surface area (Å²) in [6, 6.07) is 7.56. The summed E-state index contributed by atoms with van der Waals surface area (Å²) in [5.74, 6) is 1.74. The van der Waals surface area contributed by atoms with Gasteiger partial charge in [0.1, 0.15) is 17.6 Å². The molecule has 0 radical (unpaired) electrons. The molecule has 1 saturated heterocycles. The number of benzene rings is 1. The van der Waals surface area contributed by atoms with Crippen molar-refractivity contribution in [2.24, 2.45) is 7.05 Å². The van der Waals surface area contributed by atoms with E-state index >= 15 is 0 Å². The fourth-order valence-electron chi connectivity index (χ4n) is 3.94. The molecule has 4 rings (SSSR count). The highest BCUT2D eigenvalue weighted by atomic mass is 35.5. The van der Waals surface area contributed by atoms with E-state index in [1.165, 1.54) is 12.8 Å². The molecule has 1 saturated carbocycles. The van der Waals surface area contributed by atoms with E-state index in [2.05, 4.69) is 10.3 Å². The van der Waals surface area contributed by atoms with Crippen molar-refractivity contribution in [2.75, 3.05) is 19.6 Å². The van der Waals surface area contributed by atoms with E-state index in [9.17, 15) is 4.79 Å². The van der Waals surface area contributed by atoms with Gasteiger partial charge in [-0.3, -0.25) is 4.79 Å². The van der Waals surface area contributed by atoms with Crippen molar-refractivity contribution in [2.45, 2.75) is 37.8 Å². The summed E-state index contributed by atoms with van der Waals surface area (Å²) in [5.41, 5.74) is 0.682. The van der Waals surface area contributed by atoms with E-state index < -0.39 is 0 Å². The normalized spacial score (nSPS) is 20.3. The van der Waals surface area contributed by atoms with E-state index in [0.29, 0.717) is 18.2 Å². The smallest absolute Gasteiger partial charge is 0.254 e. The Morgan fingerprint density at radius 3 is 2.85 bits per heavy atom. The maximum atomic E-state index is 13.2. The molecule has 1 aliphatic heterocycles. The molecule has 1 N–H and O–H groups in total. The number of piperazine rings is 1. The van der Waals surface area contributed by atoms with Gasteiger partial charge in [-0.1, -0.05) is 6.07 Å². The molecule has 2 aliphatic rings. The van der Waals surface area contributed by atoms with Crippen LogP contribution in [0.2, 0.25) is 0 Å². The molecule has 1 unspecified atom stereocenters. The van der Waals surface area contributed by atoms with Crippen LogP contribution in [0, 0.1) is 0 Å². The third-order valence-corrected chi connectivity index (χ3v) is 5.35. The number of nitrogens with one attached hydrogen (secondary N) is 1. The zero-order chi connectivity index (χ0) is 17.9. The summed E-state index contributed by atoms with van der Waals surface area (Å²) in [6.45, 7) is 2.18. The van der Waals surface area contributed by atoms with Gasteiger partial charge in [-0.05, 0) is 43.9 Å². The van der Waals surface area contributed by atoms with E-state index in [4.69, 9.17) is 4.74 Å². The number of amides is 1. The topological polar surface area (TPSA) is 59.4 Å². The number of hydrogen-bond donors (Lipinski definition) is 1. The van der Waals surface area contributed by atoms with Gasteiger partial charge in [-0.25, -0.2) is 4.98 Å². The molecule has 1 aromatic heterocycles. The van der Waals surface area contributed by atoms with Crippen molar-refractivity contribution >= 4 is 18.3 Å². The Bertz CT molecular complexity index is 773. The lowest BCUT2D eigenvalue weighted by molar-refractivity contribution is 0.0620. The van der Waals surface area contributed by atoms with Gasteiger partial charge < -0.3 is 19.5 Å². The van der Waals surface area contributed by atoms with Gasteiger partial charge in [0.15, 0.2) is 0 Å². The van der Waals surface area contributed by atoms with E-state index in [1.807, 2.05) is 47.0 Å². The van der Waals surface area contributed by atoms with Crippen molar-refractivity contribution < 1.29 is 9.53 Å². The number of rotatable bonds is 4. The average molecular weight is 391 g/mol. The standard InChI is InChI=1S/C20H26N4O2.ClH/c1-23-11-10-22-19(23)18-14-21-9-12-24(18)20(25)15-5-4-8-17(13-15)26-16-6-2-3-7-16;/h4-5,8,10-11,13,16,18,21H,2-3,6-7,9,12,14H2,1H3;1H. The monoisotopic (exact) mass is 390 g/mol. The molecule has 7 heteroatoms. The molecule has 0 bridgehead atoms. The number of carbonyl (C=O) groups excluding carboxylic acids is 1. The molecule has 0 spiro atoms. The van der Waals surface area contributed by atoms with Crippen LogP contribution in [0.15, 0.2) is 36.7 Å². The van der Waals surface area contributed by atoms with Crippen molar-refractivity contribution in [3.8, 4) is 5.75 Å². The number of aryl methyl sites for hydroxylation is 1. The van der Waals surface area contributed by atoms with Crippen molar-refractivity contribution in [1.82, 2.24) is 19.8 Å². The lowest BCUT2D eigenvalue weighted by Gasteiger charge is -2.35. The van der Waals surface area contributed by atoms with Crippen LogP contribution in [0.4, 0.5) is 0 Å². The Labute approximate surface area is 166 Å². The lowest BCUT2D eigenvalue weighted by Crippen LogP contribution is -2.49. The first-order valence-electron chi connectivity index (χ1n) is 9.48. The summed E-state index contributed by atoms with van der Waals surface area (Å²) in [5, 5.41) is 3.37. The minimum atomic E-state index is -0.0596. The Morgan fingerprint density at radius 2 is 2.11 bits per heavy atom. The second-order valence-electron chi connectivity index (χ2n) is 7.17. The molecule has 6 nitrogen and oxygen atoms in total. The number of ether oxygens (including phenoxy) is 1. The first-order chi connectivity index (χ1) is 12.7. The van der Waals surface area contributed by atoms with Crippen LogP contribution in [0.1, 0.15) is 47.9 Å². The summed E-state index contributed by atoms with van der Waals surface area (Å²) < 4.78 is 8.06. The average Bonchev–Trinajstić information content (AvgIpc) is 3.33. The number of carbonyl (C=O) groups is 1. The molecule has 1 amide bonds. The van der Waals surface area contributed by atoms with E-state index in [0.717, 1.165) is 37.5 Å². The van der Waals surface area contributed by atoms with Gasteiger partial charge in [0.2, 0.25) is 0 Å². The van der Waals surface area contributed by atoms with Gasteiger partial charge in [0, 0.05) is 44.6 Å². The Morgan fingerprint density at radius 1 is 1.30 bits per heavy atom. The van der Waals surface area contributed by atoms with Crippen LogP contribution < -0.4 is 10.1 Å². The Hall–Kier alpha value is -2.05. The minimum Gasteiger partial charge on any atom is -0.490 e. The Kier molecular flexibility index (Phi) is 6.39. The van der Waals surface area contributed by atoms with Gasteiger partial charge in [0.25, 0.3) is 5.91 Å². The van der Waals surface area contributed by atoms with Crippen LogP contribution in [-0.4, -0.2) is 46.1 Å². The van der Waals surface area contributed by atoms with Crippen molar-refractivity contribution in [1.29, 1.82) is 0 Å². The van der Waals surface area contributed by atoms with Crippen LogP contribution >= 0.6 is 12.4 Å². The number of imidazole rings is 1. The van der Waals surface area contributed by atoms with Crippen LogP contribution in [0.25, 0.3) is 0 Å². The van der Waals surface area contributed by atoms with Crippen molar-refractivity contribution in [3.05, 3.63) is 48.0 Å². The highest BCUT2D eigenvalue weighted by Crippen LogP contribution is 2.27. The molecule has 2 heterocycles. The number of halogens is 1. The summed E-state index contributed by atoms with van der Waals surface area (Å²) in [4.78, 5) is 19.6. The van der Waals surface area contributed by atoms with Crippen LogP contribution in [0.5, 0.6) is 5.75 Å². The molecule has 1 aliphatic carbocycles. The highest BCUT2D eigenvalue weighted by Gasteiger charge is 2.31. The largest absolute Gasteiger partial charge is 0.490 e. The third-order valence-electron chi connectivity index (χ3n) is 5.35. The second kappa shape index (κ2) is 8.76. The Balaban J connectivity index is 0.00000210. The van der Waals surface area contributed by atoms with Gasteiger partial charge in [0.05, 0.1) is 6.10 Å². The molecule has 1 atom stereocenters. The number of aromatic nitrogens is 2. The number of nitrogens with zero attached hydrogens (tertiary/aromatic N) is 3. The SMILES string of the molecule is Cl.Cn1ccnc1C1CNCCN1C(=O)c1cccc(OC2CCCC2)c1. The predicted octanol–water partition coefficient (Wildman–Crippen LogP) is 2.95. The first kappa shape index (κ1) is 19.7.